The molecule has 100 valence electrons. The summed E-state index contributed by atoms with van der Waals surface area (Å²) in [5.41, 5.74) is 0.783. The third-order valence-electron chi connectivity index (χ3n) is 4.19. The lowest BCUT2D eigenvalue weighted by Gasteiger charge is -2.35. The van der Waals surface area contributed by atoms with E-state index < -0.39 is 0 Å². The van der Waals surface area contributed by atoms with Crippen molar-refractivity contribution in [3.05, 3.63) is 35.6 Å². The van der Waals surface area contributed by atoms with E-state index in [1.807, 2.05) is 12.1 Å². The number of nitrogens with one attached hydrogen (secondary N) is 1. The van der Waals surface area contributed by atoms with Gasteiger partial charge in [0, 0.05) is 18.2 Å². The number of halogens is 1. The van der Waals surface area contributed by atoms with Crippen molar-refractivity contribution in [3.63, 3.8) is 0 Å². The van der Waals surface area contributed by atoms with Crippen molar-refractivity contribution in [2.75, 3.05) is 0 Å². The van der Waals surface area contributed by atoms with Crippen LogP contribution in [0.5, 0.6) is 0 Å². The Hall–Kier alpha value is -0.890. The molecule has 1 aliphatic carbocycles. The summed E-state index contributed by atoms with van der Waals surface area (Å²) in [5, 5.41) is 3.57. The van der Waals surface area contributed by atoms with Crippen LogP contribution < -0.4 is 5.32 Å². The summed E-state index contributed by atoms with van der Waals surface area (Å²) in [6.07, 6.45) is 5.20. The van der Waals surface area contributed by atoms with E-state index in [4.69, 9.17) is 0 Å². The molecule has 0 saturated heterocycles. The lowest BCUT2D eigenvalue weighted by atomic mass is 9.78. The number of hydrogen-bond donors (Lipinski definition) is 1. The molecule has 1 aliphatic rings. The quantitative estimate of drug-likeness (QED) is 0.846. The minimum atomic E-state index is -0.0955. The summed E-state index contributed by atoms with van der Waals surface area (Å²) in [6.45, 7) is 5.25. The molecule has 0 spiro atoms. The molecule has 2 rings (SSSR count). The Bertz CT molecular complexity index is 375. The van der Waals surface area contributed by atoms with Gasteiger partial charge in [-0.2, -0.15) is 0 Å². The van der Waals surface area contributed by atoms with Crippen molar-refractivity contribution in [3.8, 4) is 0 Å². The molecule has 0 radical (unpaired) electrons. The van der Waals surface area contributed by atoms with Gasteiger partial charge < -0.3 is 5.32 Å². The van der Waals surface area contributed by atoms with E-state index in [0.29, 0.717) is 18.5 Å². The van der Waals surface area contributed by atoms with E-state index in [9.17, 15) is 4.39 Å². The van der Waals surface area contributed by atoms with E-state index in [-0.39, 0.29) is 5.82 Å². The first-order valence-corrected chi connectivity index (χ1v) is 7.15. The Kier molecular flexibility index (Phi) is 4.76. The Labute approximate surface area is 110 Å². The fraction of sp³-hybridized carbons (Fsp3) is 0.625. The van der Waals surface area contributed by atoms with Gasteiger partial charge in [0.15, 0.2) is 0 Å². The summed E-state index contributed by atoms with van der Waals surface area (Å²) < 4.78 is 13.6. The second kappa shape index (κ2) is 6.33. The van der Waals surface area contributed by atoms with Gasteiger partial charge in [-0.1, -0.05) is 44.9 Å². The molecular formula is C16H24FN. The molecule has 1 aromatic rings. The van der Waals surface area contributed by atoms with Crippen LogP contribution in [0.3, 0.4) is 0 Å². The van der Waals surface area contributed by atoms with Crippen molar-refractivity contribution in [1.29, 1.82) is 0 Å². The molecule has 0 bridgehead atoms. The zero-order valence-electron chi connectivity index (χ0n) is 11.5. The second-order valence-electron chi connectivity index (χ2n) is 5.77. The summed E-state index contributed by atoms with van der Waals surface area (Å²) in [7, 11) is 0. The maximum atomic E-state index is 13.6. The molecule has 1 saturated carbocycles. The Morgan fingerprint density at radius 2 is 1.94 bits per heavy atom. The van der Waals surface area contributed by atoms with Crippen LogP contribution in [0.15, 0.2) is 24.3 Å². The first-order chi connectivity index (χ1) is 8.68. The molecule has 1 fully saturated rings. The van der Waals surface area contributed by atoms with Gasteiger partial charge >= 0.3 is 0 Å². The van der Waals surface area contributed by atoms with Gasteiger partial charge in [-0.25, -0.2) is 4.39 Å². The summed E-state index contributed by atoms with van der Waals surface area (Å²) >= 11 is 0. The number of hydrogen-bond acceptors (Lipinski definition) is 1. The van der Waals surface area contributed by atoms with Crippen molar-refractivity contribution >= 4 is 0 Å². The van der Waals surface area contributed by atoms with Crippen LogP contribution >= 0.6 is 0 Å². The van der Waals surface area contributed by atoms with Crippen molar-refractivity contribution in [1.82, 2.24) is 5.32 Å². The molecule has 2 atom stereocenters. The third-order valence-corrected chi connectivity index (χ3v) is 4.19. The van der Waals surface area contributed by atoms with Gasteiger partial charge in [0.25, 0.3) is 0 Å². The van der Waals surface area contributed by atoms with Crippen LogP contribution in [0.1, 0.15) is 45.1 Å². The molecule has 1 N–H and O–H groups in total. The molecule has 0 aromatic heterocycles. The number of rotatable bonds is 4. The monoisotopic (exact) mass is 249 g/mol. The van der Waals surface area contributed by atoms with E-state index in [2.05, 4.69) is 19.2 Å². The molecule has 18 heavy (non-hydrogen) atoms. The van der Waals surface area contributed by atoms with E-state index in [1.165, 1.54) is 31.7 Å². The first-order valence-electron chi connectivity index (χ1n) is 7.15. The smallest absolute Gasteiger partial charge is 0.127 e. The fourth-order valence-corrected chi connectivity index (χ4v) is 3.09. The average Bonchev–Trinajstić information content (AvgIpc) is 2.38. The van der Waals surface area contributed by atoms with Gasteiger partial charge in [-0.3, -0.25) is 0 Å². The minimum Gasteiger partial charge on any atom is -0.310 e. The van der Waals surface area contributed by atoms with Crippen LogP contribution in [0.2, 0.25) is 0 Å². The number of benzene rings is 1. The molecule has 0 amide bonds. The Balaban J connectivity index is 1.94. The van der Waals surface area contributed by atoms with Crippen LogP contribution in [-0.2, 0) is 6.54 Å². The maximum Gasteiger partial charge on any atom is 0.127 e. The van der Waals surface area contributed by atoms with Gasteiger partial charge in [-0.15, -0.1) is 0 Å². The van der Waals surface area contributed by atoms with E-state index in [0.717, 1.165) is 11.5 Å². The normalized spacial score (nSPS) is 24.4. The summed E-state index contributed by atoms with van der Waals surface area (Å²) in [4.78, 5) is 0. The molecule has 1 aromatic carbocycles. The van der Waals surface area contributed by atoms with Crippen LogP contribution in [-0.4, -0.2) is 6.04 Å². The SMILES string of the molecule is CC(C)C1CCCCC1NCc1ccccc1F. The van der Waals surface area contributed by atoms with Crippen molar-refractivity contribution in [2.45, 2.75) is 52.1 Å². The van der Waals surface area contributed by atoms with Gasteiger partial charge in [-0.05, 0) is 30.7 Å². The summed E-state index contributed by atoms with van der Waals surface area (Å²) in [5.74, 6) is 1.36. The van der Waals surface area contributed by atoms with Crippen molar-refractivity contribution in [2.24, 2.45) is 11.8 Å². The van der Waals surface area contributed by atoms with Crippen molar-refractivity contribution < 1.29 is 4.39 Å². The highest BCUT2D eigenvalue weighted by molar-refractivity contribution is 5.17. The third kappa shape index (κ3) is 3.32. The lowest BCUT2D eigenvalue weighted by Crippen LogP contribution is -2.40. The molecule has 0 aliphatic heterocycles. The van der Waals surface area contributed by atoms with Crippen LogP contribution in [0, 0.1) is 17.7 Å². The molecule has 2 unspecified atom stereocenters. The summed E-state index contributed by atoms with van der Waals surface area (Å²) in [6, 6.07) is 7.61. The van der Waals surface area contributed by atoms with Gasteiger partial charge in [0.05, 0.1) is 0 Å². The average molecular weight is 249 g/mol. The zero-order valence-corrected chi connectivity index (χ0v) is 11.5. The van der Waals surface area contributed by atoms with E-state index >= 15 is 0 Å². The van der Waals surface area contributed by atoms with Gasteiger partial charge in [0.1, 0.15) is 5.82 Å². The first kappa shape index (κ1) is 13.5. The van der Waals surface area contributed by atoms with Crippen LogP contribution in [0.4, 0.5) is 4.39 Å². The zero-order chi connectivity index (χ0) is 13.0. The van der Waals surface area contributed by atoms with Crippen LogP contribution in [0.25, 0.3) is 0 Å². The molecule has 2 heteroatoms. The van der Waals surface area contributed by atoms with Gasteiger partial charge in [0.2, 0.25) is 0 Å². The largest absolute Gasteiger partial charge is 0.310 e. The maximum absolute atomic E-state index is 13.6. The Morgan fingerprint density at radius 1 is 1.22 bits per heavy atom. The second-order valence-corrected chi connectivity index (χ2v) is 5.77. The standard InChI is InChI=1S/C16H24FN/c1-12(2)14-8-4-6-10-16(14)18-11-13-7-3-5-9-15(13)17/h3,5,7,9,12,14,16,18H,4,6,8,10-11H2,1-2H3. The Morgan fingerprint density at radius 3 is 2.67 bits per heavy atom. The highest BCUT2D eigenvalue weighted by Crippen LogP contribution is 2.30. The molecule has 0 heterocycles. The topological polar surface area (TPSA) is 12.0 Å². The predicted molar refractivity (Wildman–Crippen MR) is 73.8 cm³/mol. The minimum absolute atomic E-state index is 0.0955. The van der Waals surface area contributed by atoms with E-state index in [1.54, 1.807) is 6.07 Å². The predicted octanol–water partition coefficient (Wildman–Crippen LogP) is 4.13. The highest BCUT2D eigenvalue weighted by Gasteiger charge is 2.26. The lowest BCUT2D eigenvalue weighted by molar-refractivity contribution is 0.204. The fourth-order valence-electron chi connectivity index (χ4n) is 3.09. The molecular weight excluding hydrogens is 225 g/mol. The highest BCUT2D eigenvalue weighted by atomic mass is 19.1. The molecule has 1 nitrogen and oxygen atoms in total.